The molecule has 4 heteroatoms. The van der Waals surface area contributed by atoms with E-state index < -0.39 is 6.10 Å². The number of nitrogens with one attached hydrogen (secondary N) is 1. The Morgan fingerprint density at radius 2 is 2.00 bits per heavy atom. The monoisotopic (exact) mass is 289 g/mol. The predicted molar refractivity (Wildman–Crippen MR) is 81.6 cm³/mol. The second-order valence-corrected chi connectivity index (χ2v) is 5.92. The maximum Gasteiger partial charge on any atom is 0.225 e. The Bertz CT molecular complexity index is 525. The highest BCUT2D eigenvalue weighted by molar-refractivity contribution is 7.10. The summed E-state index contributed by atoms with van der Waals surface area (Å²) in [7, 11) is 0. The second-order valence-electron chi connectivity index (χ2n) is 4.89. The number of aliphatic hydroxyl groups is 1. The van der Waals surface area contributed by atoms with Crippen LogP contribution in [-0.4, -0.2) is 17.1 Å². The Labute approximate surface area is 123 Å². The van der Waals surface area contributed by atoms with Crippen LogP contribution in [0.4, 0.5) is 0 Å². The van der Waals surface area contributed by atoms with Crippen molar-refractivity contribution in [3.8, 4) is 0 Å². The van der Waals surface area contributed by atoms with E-state index in [1.807, 2.05) is 54.8 Å². The van der Waals surface area contributed by atoms with Crippen molar-refractivity contribution >= 4 is 17.2 Å². The summed E-state index contributed by atoms with van der Waals surface area (Å²) in [5.41, 5.74) is 0.881. The summed E-state index contributed by atoms with van der Waals surface area (Å²) in [6, 6.07) is 13.3. The first-order chi connectivity index (χ1) is 9.65. The Kier molecular flexibility index (Phi) is 5.32. The number of amides is 1. The van der Waals surface area contributed by atoms with E-state index in [0.29, 0.717) is 12.8 Å². The molecule has 1 aromatic heterocycles. The van der Waals surface area contributed by atoms with Gasteiger partial charge in [-0.1, -0.05) is 36.4 Å². The minimum Gasteiger partial charge on any atom is -0.388 e. The topological polar surface area (TPSA) is 49.3 Å². The maximum atomic E-state index is 11.9. The molecule has 2 atom stereocenters. The van der Waals surface area contributed by atoms with Gasteiger partial charge in [0.05, 0.1) is 12.5 Å². The summed E-state index contributed by atoms with van der Waals surface area (Å²) in [6.45, 7) is 1.92. The summed E-state index contributed by atoms with van der Waals surface area (Å²) >= 11 is 1.58. The number of carbonyl (C=O) groups is 1. The van der Waals surface area contributed by atoms with Crippen LogP contribution in [0.2, 0.25) is 0 Å². The molecule has 1 amide bonds. The molecule has 2 rings (SSSR count). The quantitative estimate of drug-likeness (QED) is 0.859. The van der Waals surface area contributed by atoms with E-state index in [0.717, 1.165) is 10.4 Å². The smallest absolute Gasteiger partial charge is 0.225 e. The molecule has 1 aromatic carbocycles. The minimum atomic E-state index is -0.548. The molecular formula is C16H19NO2S. The van der Waals surface area contributed by atoms with E-state index in [1.54, 1.807) is 11.3 Å². The van der Waals surface area contributed by atoms with Gasteiger partial charge in [-0.2, -0.15) is 0 Å². The van der Waals surface area contributed by atoms with Gasteiger partial charge in [-0.05, 0) is 30.4 Å². The highest BCUT2D eigenvalue weighted by Gasteiger charge is 2.14. The molecule has 0 aliphatic heterocycles. The van der Waals surface area contributed by atoms with Gasteiger partial charge < -0.3 is 10.4 Å². The van der Waals surface area contributed by atoms with Crippen molar-refractivity contribution in [1.82, 2.24) is 5.32 Å². The van der Waals surface area contributed by atoms with Crippen LogP contribution in [0.1, 0.15) is 29.9 Å². The van der Waals surface area contributed by atoms with Gasteiger partial charge in [-0.25, -0.2) is 0 Å². The van der Waals surface area contributed by atoms with E-state index in [9.17, 15) is 9.90 Å². The third-order valence-corrected chi connectivity index (χ3v) is 3.96. The molecule has 0 aliphatic rings. The summed E-state index contributed by atoms with van der Waals surface area (Å²) in [6.07, 6.45) is 0.372. The number of aliphatic hydroxyl groups excluding tert-OH is 1. The first-order valence-electron chi connectivity index (χ1n) is 6.70. The van der Waals surface area contributed by atoms with Crippen molar-refractivity contribution in [2.45, 2.75) is 31.9 Å². The van der Waals surface area contributed by atoms with E-state index in [1.165, 1.54) is 0 Å². The van der Waals surface area contributed by atoms with Crippen LogP contribution >= 0.6 is 11.3 Å². The Morgan fingerprint density at radius 1 is 1.25 bits per heavy atom. The van der Waals surface area contributed by atoms with Crippen LogP contribution in [-0.2, 0) is 11.2 Å². The molecule has 0 fully saturated rings. The van der Waals surface area contributed by atoms with Crippen molar-refractivity contribution in [3.63, 3.8) is 0 Å². The zero-order valence-corrected chi connectivity index (χ0v) is 12.3. The molecule has 1 heterocycles. The third-order valence-electron chi connectivity index (χ3n) is 3.08. The molecule has 20 heavy (non-hydrogen) atoms. The fraction of sp³-hybridized carbons (Fsp3) is 0.312. The number of carbonyl (C=O) groups excluding carboxylic acids is 1. The molecular weight excluding hydrogens is 270 g/mol. The molecule has 106 valence electrons. The average Bonchev–Trinajstić information content (AvgIpc) is 2.92. The van der Waals surface area contributed by atoms with Crippen LogP contribution < -0.4 is 5.32 Å². The first kappa shape index (κ1) is 14.8. The van der Waals surface area contributed by atoms with Gasteiger partial charge in [-0.3, -0.25) is 4.79 Å². The Hall–Kier alpha value is -1.65. The normalized spacial score (nSPS) is 13.7. The maximum absolute atomic E-state index is 11.9. The molecule has 0 unspecified atom stereocenters. The number of thiophene rings is 1. The van der Waals surface area contributed by atoms with Gasteiger partial charge in [0.2, 0.25) is 5.91 Å². The van der Waals surface area contributed by atoms with Gasteiger partial charge >= 0.3 is 0 Å². The number of hydrogen-bond donors (Lipinski definition) is 2. The third kappa shape index (κ3) is 4.47. The predicted octanol–water partition coefficient (Wildman–Crippen LogP) is 2.92. The zero-order valence-electron chi connectivity index (χ0n) is 11.5. The van der Waals surface area contributed by atoms with Crippen molar-refractivity contribution in [2.24, 2.45) is 0 Å². The van der Waals surface area contributed by atoms with Crippen molar-refractivity contribution in [2.75, 3.05) is 0 Å². The summed E-state index contributed by atoms with van der Waals surface area (Å²) in [5.74, 6) is 0.000196. The lowest BCUT2D eigenvalue weighted by molar-refractivity contribution is -0.121. The molecule has 2 N–H and O–H groups in total. The van der Waals surface area contributed by atoms with E-state index in [4.69, 9.17) is 0 Å². The van der Waals surface area contributed by atoms with Crippen molar-refractivity contribution in [1.29, 1.82) is 0 Å². The fourth-order valence-corrected chi connectivity index (χ4v) is 2.81. The molecule has 3 nitrogen and oxygen atoms in total. The van der Waals surface area contributed by atoms with Crippen LogP contribution in [0.5, 0.6) is 0 Å². The van der Waals surface area contributed by atoms with Gasteiger partial charge in [0, 0.05) is 10.9 Å². The fourth-order valence-electron chi connectivity index (χ4n) is 2.10. The number of hydrogen-bond acceptors (Lipinski definition) is 3. The molecule has 0 saturated heterocycles. The van der Waals surface area contributed by atoms with Gasteiger partial charge in [0.1, 0.15) is 0 Å². The van der Waals surface area contributed by atoms with E-state index in [-0.39, 0.29) is 11.9 Å². The first-order valence-corrected chi connectivity index (χ1v) is 7.58. The zero-order chi connectivity index (χ0) is 14.4. The van der Waals surface area contributed by atoms with Gasteiger partial charge in [-0.15, -0.1) is 11.3 Å². The number of benzene rings is 1. The lowest BCUT2D eigenvalue weighted by atomic mass is 10.0. The van der Waals surface area contributed by atoms with Gasteiger partial charge in [0.15, 0.2) is 0 Å². The Balaban J connectivity index is 1.80. The second kappa shape index (κ2) is 7.22. The van der Waals surface area contributed by atoms with E-state index >= 15 is 0 Å². The Morgan fingerprint density at radius 3 is 2.65 bits per heavy atom. The minimum absolute atomic E-state index is 0.000196. The molecule has 0 spiro atoms. The average molecular weight is 289 g/mol. The van der Waals surface area contributed by atoms with Gasteiger partial charge in [0.25, 0.3) is 0 Å². The molecule has 0 bridgehead atoms. The lowest BCUT2D eigenvalue weighted by Gasteiger charge is -2.18. The summed E-state index contributed by atoms with van der Waals surface area (Å²) in [5, 5.41) is 15.0. The van der Waals surface area contributed by atoms with Crippen LogP contribution in [0, 0.1) is 0 Å². The van der Waals surface area contributed by atoms with Crippen LogP contribution in [0.3, 0.4) is 0 Å². The molecule has 0 aliphatic carbocycles. The van der Waals surface area contributed by atoms with E-state index in [2.05, 4.69) is 5.32 Å². The summed E-state index contributed by atoms with van der Waals surface area (Å²) in [4.78, 5) is 12.9. The SMILES string of the molecule is C[C@H](C[C@H](O)c1ccccc1)NC(=O)Cc1cccs1. The van der Waals surface area contributed by atoms with Crippen molar-refractivity contribution in [3.05, 3.63) is 58.3 Å². The molecule has 0 radical (unpaired) electrons. The van der Waals surface area contributed by atoms with Crippen LogP contribution in [0.25, 0.3) is 0 Å². The lowest BCUT2D eigenvalue weighted by Crippen LogP contribution is -2.34. The highest BCUT2D eigenvalue weighted by atomic mass is 32.1. The largest absolute Gasteiger partial charge is 0.388 e. The highest BCUT2D eigenvalue weighted by Crippen LogP contribution is 2.17. The standard InChI is InChI=1S/C16H19NO2S/c1-12(10-15(18)13-6-3-2-4-7-13)17-16(19)11-14-8-5-9-20-14/h2-9,12,15,18H,10-11H2,1H3,(H,17,19)/t12-,15+/m1/s1. The molecule has 2 aromatic rings. The van der Waals surface area contributed by atoms with Crippen LogP contribution in [0.15, 0.2) is 47.8 Å². The van der Waals surface area contributed by atoms with Crippen molar-refractivity contribution < 1.29 is 9.90 Å². The number of rotatable bonds is 6. The molecule has 0 saturated carbocycles. The summed E-state index contributed by atoms with van der Waals surface area (Å²) < 4.78 is 0.